The first-order valence-corrected chi connectivity index (χ1v) is 6.39. The van der Waals surface area contributed by atoms with Crippen LogP contribution in [0.4, 0.5) is 4.79 Å². The highest BCUT2D eigenvalue weighted by Gasteiger charge is 2.27. The number of nitrogens with two attached hydrogens (primary N) is 1. The molecule has 0 bridgehead atoms. The molecular formula is C12H23N3O6. The predicted octanol–water partition coefficient (Wildman–Crippen LogP) is -0.992. The number of nitrogens with one attached hydrogen (secondary N) is 1. The third kappa shape index (κ3) is 7.47. The van der Waals surface area contributed by atoms with E-state index in [2.05, 4.69) is 5.32 Å². The number of carboxylic acid groups (broad SMARTS) is 1. The topological polar surface area (TPSA) is 131 Å². The number of hydrogen-bond acceptors (Lipinski definition) is 5. The first-order chi connectivity index (χ1) is 9.83. The number of rotatable bonds is 10. The number of nitrogens with zero attached hydrogens (tertiary/aromatic N) is 1. The Bertz CT molecular complexity index is 363. The van der Waals surface area contributed by atoms with E-state index in [1.807, 2.05) is 0 Å². The van der Waals surface area contributed by atoms with Crippen molar-refractivity contribution in [2.24, 2.45) is 5.73 Å². The van der Waals surface area contributed by atoms with Crippen LogP contribution in [0.25, 0.3) is 0 Å². The quantitative estimate of drug-likeness (QED) is 0.475. The summed E-state index contributed by atoms with van der Waals surface area (Å²) >= 11 is 0. The Morgan fingerprint density at radius 2 is 1.90 bits per heavy atom. The molecule has 0 aromatic rings. The summed E-state index contributed by atoms with van der Waals surface area (Å²) < 4.78 is 9.89. The monoisotopic (exact) mass is 305 g/mol. The fourth-order valence-electron chi connectivity index (χ4n) is 1.68. The zero-order valence-electron chi connectivity index (χ0n) is 12.5. The second-order valence-corrected chi connectivity index (χ2v) is 4.50. The van der Waals surface area contributed by atoms with Crippen molar-refractivity contribution in [3.8, 4) is 0 Å². The molecular weight excluding hydrogens is 282 g/mol. The summed E-state index contributed by atoms with van der Waals surface area (Å²) in [4.78, 5) is 35.4. The molecule has 0 aromatic heterocycles. The molecule has 0 radical (unpaired) electrons. The molecule has 0 aliphatic rings. The molecule has 0 aromatic carbocycles. The van der Waals surface area contributed by atoms with Crippen molar-refractivity contribution in [1.29, 1.82) is 0 Å². The van der Waals surface area contributed by atoms with Crippen molar-refractivity contribution in [3.63, 3.8) is 0 Å². The van der Waals surface area contributed by atoms with E-state index in [1.165, 1.54) is 19.1 Å². The third-order valence-electron chi connectivity index (χ3n) is 2.74. The molecule has 0 aliphatic carbocycles. The first-order valence-electron chi connectivity index (χ1n) is 6.39. The van der Waals surface area contributed by atoms with Gasteiger partial charge < -0.3 is 30.5 Å². The van der Waals surface area contributed by atoms with Gasteiger partial charge in [0.15, 0.2) is 0 Å². The Morgan fingerprint density at radius 1 is 1.29 bits per heavy atom. The first kappa shape index (κ1) is 19.1. The van der Waals surface area contributed by atoms with E-state index in [0.717, 1.165) is 0 Å². The summed E-state index contributed by atoms with van der Waals surface area (Å²) in [5, 5.41) is 11.3. The van der Waals surface area contributed by atoms with Gasteiger partial charge in [0.25, 0.3) is 0 Å². The fraction of sp³-hybridized carbons (Fsp3) is 0.750. The van der Waals surface area contributed by atoms with E-state index in [4.69, 9.17) is 20.3 Å². The van der Waals surface area contributed by atoms with Gasteiger partial charge in [-0.05, 0) is 6.92 Å². The van der Waals surface area contributed by atoms with Crippen LogP contribution in [0.2, 0.25) is 0 Å². The molecule has 2 unspecified atom stereocenters. The van der Waals surface area contributed by atoms with Crippen LogP contribution in [0.1, 0.15) is 13.3 Å². The Labute approximate surface area is 123 Å². The standard InChI is InChI=1S/C12H23N3O6/c1-8(7-21-3)15(4-5-20-2)12(19)14-9(11(17)18)6-10(13)16/h8-9H,4-7H2,1-3H3,(H2,13,16)(H,14,19)(H,17,18). The van der Waals surface area contributed by atoms with Gasteiger partial charge in [-0.1, -0.05) is 0 Å². The number of urea groups is 1. The van der Waals surface area contributed by atoms with Gasteiger partial charge in [0.05, 0.1) is 25.7 Å². The number of carbonyl (C=O) groups is 3. The summed E-state index contributed by atoms with van der Waals surface area (Å²) in [6, 6.07) is -2.27. The van der Waals surface area contributed by atoms with Gasteiger partial charge in [-0.15, -0.1) is 0 Å². The van der Waals surface area contributed by atoms with Crippen LogP contribution in [0.5, 0.6) is 0 Å². The molecule has 0 saturated heterocycles. The molecule has 21 heavy (non-hydrogen) atoms. The maximum Gasteiger partial charge on any atom is 0.326 e. The lowest BCUT2D eigenvalue weighted by Gasteiger charge is -2.29. The van der Waals surface area contributed by atoms with Crippen LogP contribution >= 0.6 is 0 Å². The van der Waals surface area contributed by atoms with Gasteiger partial charge in [-0.2, -0.15) is 0 Å². The molecule has 0 heterocycles. The van der Waals surface area contributed by atoms with Gasteiger partial charge >= 0.3 is 12.0 Å². The number of carbonyl (C=O) groups excluding carboxylic acids is 2. The molecule has 2 atom stereocenters. The maximum atomic E-state index is 12.1. The van der Waals surface area contributed by atoms with Crippen LogP contribution in [-0.2, 0) is 19.1 Å². The zero-order valence-corrected chi connectivity index (χ0v) is 12.5. The van der Waals surface area contributed by atoms with Gasteiger partial charge in [-0.3, -0.25) is 4.79 Å². The molecule has 4 N–H and O–H groups in total. The van der Waals surface area contributed by atoms with Crippen molar-refractivity contribution < 1.29 is 29.0 Å². The second-order valence-electron chi connectivity index (χ2n) is 4.50. The number of aliphatic carboxylic acids is 1. The third-order valence-corrected chi connectivity index (χ3v) is 2.74. The zero-order chi connectivity index (χ0) is 16.4. The van der Waals surface area contributed by atoms with Crippen LogP contribution in [0.3, 0.4) is 0 Å². The lowest BCUT2D eigenvalue weighted by molar-refractivity contribution is -0.141. The largest absolute Gasteiger partial charge is 0.480 e. The Balaban J connectivity index is 4.82. The highest BCUT2D eigenvalue weighted by atomic mass is 16.5. The van der Waals surface area contributed by atoms with E-state index < -0.39 is 30.4 Å². The van der Waals surface area contributed by atoms with E-state index in [1.54, 1.807) is 6.92 Å². The van der Waals surface area contributed by atoms with Gasteiger partial charge in [0, 0.05) is 20.8 Å². The summed E-state index contributed by atoms with van der Waals surface area (Å²) in [6.45, 7) is 2.58. The molecule has 3 amide bonds. The average Bonchev–Trinajstić information content (AvgIpc) is 2.38. The van der Waals surface area contributed by atoms with E-state index in [0.29, 0.717) is 0 Å². The molecule has 0 rings (SSSR count). The average molecular weight is 305 g/mol. The van der Waals surface area contributed by atoms with E-state index in [9.17, 15) is 14.4 Å². The van der Waals surface area contributed by atoms with Crippen molar-refractivity contribution in [1.82, 2.24) is 10.2 Å². The minimum Gasteiger partial charge on any atom is -0.480 e. The fourth-order valence-corrected chi connectivity index (χ4v) is 1.68. The van der Waals surface area contributed by atoms with Crippen LogP contribution in [0.15, 0.2) is 0 Å². The number of carboxylic acids is 1. The predicted molar refractivity (Wildman–Crippen MR) is 73.7 cm³/mol. The SMILES string of the molecule is COCCN(C(=O)NC(CC(N)=O)C(=O)O)C(C)COC. The minimum atomic E-state index is -1.37. The van der Waals surface area contributed by atoms with Crippen LogP contribution in [0, 0.1) is 0 Å². The van der Waals surface area contributed by atoms with Crippen molar-refractivity contribution in [2.75, 3.05) is 34.0 Å². The number of amides is 3. The van der Waals surface area contributed by atoms with Crippen molar-refractivity contribution in [2.45, 2.75) is 25.4 Å². The van der Waals surface area contributed by atoms with Gasteiger partial charge in [-0.25, -0.2) is 9.59 Å². The molecule has 0 saturated carbocycles. The lowest BCUT2D eigenvalue weighted by Crippen LogP contribution is -2.53. The Hall–Kier alpha value is -1.87. The van der Waals surface area contributed by atoms with Crippen molar-refractivity contribution in [3.05, 3.63) is 0 Å². The minimum absolute atomic E-state index is 0.260. The summed E-state index contributed by atoms with van der Waals surface area (Å²) in [7, 11) is 2.99. The molecule has 9 nitrogen and oxygen atoms in total. The number of methoxy groups -OCH3 is 2. The number of primary amides is 1. The molecule has 0 spiro atoms. The Kier molecular flexibility index (Phi) is 9.06. The summed E-state index contributed by atoms with van der Waals surface area (Å²) in [6.07, 6.45) is -0.474. The van der Waals surface area contributed by atoms with Crippen LogP contribution in [-0.4, -0.2) is 74.0 Å². The highest BCUT2D eigenvalue weighted by Crippen LogP contribution is 2.03. The van der Waals surface area contributed by atoms with E-state index >= 15 is 0 Å². The molecule has 0 fully saturated rings. The van der Waals surface area contributed by atoms with Gasteiger partial charge in [0.2, 0.25) is 5.91 Å². The summed E-state index contributed by atoms with van der Waals surface area (Å²) in [5.41, 5.74) is 4.96. The molecule has 122 valence electrons. The number of hydrogen-bond donors (Lipinski definition) is 3. The smallest absolute Gasteiger partial charge is 0.326 e. The van der Waals surface area contributed by atoms with Gasteiger partial charge in [0.1, 0.15) is 6.04 Å². The molecule has 9 heteroatoms. The maximum absolute atomic E-state index is 12.1. The summed E-state index contributed by atoms with van der Waals surface area (Å²) in [5.74, 6) is -2.13. The molecule has 0 aliphatic heterocycles. The highest BCUT2D eigenvalue weighted by molar-refractivity contribution is 5.87. The van der Waals surface area contributed by atoms with Crippen LogP contribution < -0.4 is 11.1 Å². The second kappa shape index (κ2) is 9.94. The number of ether oxygens (including phenoxy) is 2. The normalized spacial score (nSPS) is 13.3. The Morgan fingerprint density at radius 3 is 2.33 bits per heavy atom. The van der Waals surface area contributed by atoms with E-state index in [-0.39, 0.29) is 25.8 Å². The van der Waals surface area contributed by atoms with Crippen molar-refractivity contribution >= 4 is 17.9 Å². The lowest BCUT2D eigenvalue weighted by atomic mass is 10.2.